The Morgan fingerprint density at radius 1 is 0.925 bits per heavy atom. The highest BCUT2D eigenvalue weighted by Crippen LogP contribution is 2.48. The molecule has 358 valence electrons. The van der Waals surface area contributed by atoms with Gasteiger partial charge < -0.3 is 52.2 Å². The predicted octanol–water partition coefficient (Wildman–Crippen LogP) is 3.24. The van der Waals surface area contributed by atoms with Gasteiger partial charge in [-0.3, -0.25) is 24.0 Å². The molecule has 0 unspecified atom stereocenters. The van der Waals surface area contributed by atoms with Gasteiger partial charge in [0.25, 0.3) is 0 Å². The number of phenols is 1. The standard InChI is InChI=1S/C50H63N7O10/c1-27-16-42(62)45(57(5)49(65)32(12-15-51)20-41(61)39-24-54-47(55-28(39)2)31-7-9-34(10-8-31)50(4)13-14-50)33-19-38(46(63)44(21-33)67-26-36(60)23-53)37-17-30(18-40(29(3)58)56-48(27)64)6-11-43(37)66-25-35(59)22-52/h6-11,17,19,21,24,27,32,35-36,40,45,59-60,63H,12-16,18,20,22-23,25-26,51-53H2,1-5H3,(H,56,64)/t27-,32-,35-,36-,40+,45+/m1/s1. The molecule has 10 N–H and O–H groups in total. The number of Topliss-reactive ketones (excluding diaryl/α,β-unsaturated/α-hetero) is 3. The molecule has 2 heterocycles. The van der Waals surface area contributed by atoms with E-state index < -0.39 is 65.3 Å². The van der Waals surface area contributed by atoms with Crippen molar-refractivity contribution in [3.8, 4) is 39.8 Å². The van der Waals surface area contributed by atoms with Gasteiger partial charge in [0, 0.05) is 67.7 Å². The van der Waals surface area contributed by atoms with Gasteiger partial charge in [-0.2, -0.15) is 0 Å². The Morgan fingerprint density at radius 2 is 1.58 bits per heavy atom. The molecular weight excluding hydrogens is 859 g/mol. The van der Waals surface area contributed by atoms with Gasteiger partial charge in [0.1, 0.15) is 37.2 Å². The number of nitrogens with two attached hydrogens (primary N) is 3. The van der Waals surface area contributed by atoms with Gasteiger partial charge in [-0.1, -0.05) is 44.2 Å². The van der Waals surface area contributed by atoms with Gasteiger partial charge in [0.15, 0.2) is 34.7 Å². The number of aliphatic hydroxyl groups excluding tert-OH is 2. The van der Waals surface area contributed by atoms with Crippen molar-refractivity contribution in [3.05, 3.63) is 88.7 Å². The number of ether oxygens (including phenoxy) is 2. The van der Waals surface area contributed by atoms with Crippen molar-refractivity contribution < 1.29 is 48.8 Å². The molecule has 3 aromatic carbocycles. The topological polar surface area (TPSA) is 284 Å². The Labute approximate surface area is 390 Å². The summed E-state index contributed by atoms with van der Waals surface area (Å²) in [4.78, 5) is 80.7. The number of carbonyl (C=O) groups excluding carboxylic acids is 5. The molecular formula is C50H63N7O10. The lowest BCUT2D eigenvalue weighted by Crippen LogP contribution is -2.45. The fourth-order valence-corrected chi connectivity index (χ4v) is 8.27. The number of fused-ring (bicyclic) bond motifs is 5. The first-order chi connectivity index (χ1) is 31.9. The molecule has 17 heteroatoms. The zero-order chi connectivity index (χ0) is 48.7. The summed E-state index contributed by atoms with van der Waals surface area (Å²) in [5, 5.41) is 35.4. The Morgan fingerprint density at radius 3 is 2.18 bits per heavy atom. The minimum Gasteiger partial charge on any atom is -0.504 e. The number of nitrogens with zero attached hydrogens (tertiary/aromatic N) is 3. The molecule has 2 amide bonds. The third-order valence-electron chi connectivity index (χ3n) is 12.8. The molecule has 1 fully saturated rings. The number of aryl methyl sites for hydroxylation is 1. The summed E-state index contributed by atoms with van der Waals surface area (Å²) in [7, 11) is 1.41. The molecule has 67 heavy (non-hydrogen) atoms. The third kappa shape index (κ3) is 11.9. The number of amides is 2. The highest BCUT2D eigenvalue weighted by Gasteiger charge is 2.39. The minimum absolute atomic E-state index is 0.0247. The van der Waals surface area contributed by atoms with E-state index in [4.69, 9.17) is 26.7 Å². The lowest BCUT2D eigenvalue weighted by atomic mass is 9.88. The van der Waals surface area contributed by atoms with Crippen LogP contribution < -0.4 is 32.0 Å². The van der Waals surface area contributed by atoms with E-state index in [1.165, 1.54) is 49.7 Å². The van der Waals surface area contributed by atoms with Crippen molar-refractivity contribution in [2.75, 3.05) is 39.9 Å². The van der Waals surface area contributed by atoms with Crippen LogP contribution in [0.4, 0.5) is 0 Å². The Hall–Kier alpha value is -6.11. The fourth-order valence-electron chi connectivity index (χ4n) is 8.27. The van der Waals surface area contributed by atoms with Crippen molar-refractivity contribution >= 4 is 29.2 Å². The SMILES string of the molecule is CC(=O)[C@@H]1Cc2ccc(OC[C@H](O)CN)c(c2)-c2cc(cc(OC[C@H](O)CN)c2O)[C@H](N(C)C(=O)[C@H](CCN)CC(=O)c2cnc(-c3ccc(C4(C)CC4)cc3)nc2C)C(=O)C[C@@H](C)C(=O)N1. The first-order valence-corrected chi connectivity index (χ1v) is 22.7. The maximum Gasteiger partial charge on any atom is 0.226 e. The largest absolute Gasteiger partial charge is 0.504 e. The smallest absolute Gasteiger partial charge is 0.226 e. The van der Waals surface area contributed by atoms with Crippen LogP contribution in [0.5, 0.6) is 17.2 Å². The molecule has 17 nitrogen and oxygen atoms in total. The summed E-state index contributed by atoms with van der Waals surface area (Å²) in [6, 6.07) is 13.4. The average molecular weight is 922 g/mol. The quantitative estimate of drug-likeness (QED) is 0.0706. The van der Waals surface area contributed by atoms with E-state index in [2.05, 4.69) is 34.3 Å². The maximum atomic E-state index is 14.8. The van der Waals surface area contributed by atoms with Gasteiger partial charge in [-0.25, -0.2) is 9.97 Å². The highest BCUT2D eigenvalue weighted by atomic mass is 16.5. The van der Waals surface area contributed by atoms with Crippen LogP contribution in [0.15, 0.2) is 60.8 Å². The van der Waals surface area contributed by atoms with Gasteiger partial charge in [0.2, 0.25) is 11.8 Å². The van der Waals surface area contributed by atoms with Crippen molar-refractivity contribution in [1.29, 1.82) is 0 Å². The molecule has 4 bridgehead atoms. The number of aliphatic hydroxyl groups is 2. The van der Waals surface area contributed by atoms with Crippen molar-refractivity contribution in [2.45, 2.75) is 95.9 Å². The van der Waals surface area contributed by atoms with Crippen LogP contribution in [-0.4, -0.2) is 117 Å². The van der Waals surface area contributed by atoms with E-state index in [-0.39, 0.29) is 103 Å². The van der Waals surface area contributed by atoms with Gasteiger partial charge in [-0.05, 0) is 92.4 Å². The maximum absolute atomic E-state index is 14.8. The number of benzene rings is 3. The average Bonchev–Trinajstić information content (AvgIpc) is 4.07. The number of carbonyl (C=O) groups is 5. The second-order valence-corrected chi connectivity index (χ2v) is 18.2. The van der Waals surface area contributed by atoms with Crippen molar-refractivity contribution in [2.24, 2.45) is 29.0 Å². The van der Waals surface area contributed by atoms with Crippen molar-refractivity contribution in [1.82, 2.24) is 20.2 Å². The van der Waals surface area contributed by atoms with E-state index in [9.17, 15) is 39.3 Å². The van der Waals surface area contributed by atoms with Crippen LogP contribution in [0.3, 0.4) is 0 Å². The number of phenolic OH excluding ortho intramolecular Hbond substituents is 1. The summed E-state index contributed by atoms with van der Waals surface area (Å²) in [6.07, 6.45) is 0.974. The molecule has 2 aliphatic rings. The monoisotopic (exact) mass is 921 g/mol. The van der Waals surface area contributed by atoms with Gasteiger partial charge >= 0.3 is 0 Å². The molecule has 0 spiro atoms. The second-order valence-electron chi connectivity index (χ2n) is 18.2. The van der Waals surface area contributed by atoms with E-state index >= 15 is 0 Å². The van der Waals surface area contributed by atoms with Crippen molar-refractivity contribution in [3.63, 3.8) is 0 Å². The van der Waals surface area contributed by atoms with Gasteiger partial charge in [0.05, 0.1) is 17.3 Å². The lowest BCUT2D eigenvalue weighted by Gasteiger charge is -2.32. The molecule has 1 aliphatic carbocycles. The molecule has 0 radical (unpaired) electrons. The number of hydrogen-bond acceptors (Lipinski definition) is 15. The zero-order valence-electron chi connectivity index (χ0n) is 38.8. The molecule has 1 aromatic heterocycles. The van der Waals surface area contributed by atoms with Crippen LogP contribution in [0.1, 0.15) is 91.7 Å². The van der Waals surface area contributed by atoms with E-state index in [0.717, 1.165) is 18.4 Å². The second kappa shape index (κ2) is 21.7. The van der Waals surface area contributed by atoms with Crippen LogP contribution in [0.2, 0.25) is 0 Å². The Kier molecular flexibility index (Phi) is 16.3. The normalized spacial score (nSPS) is 19.3. The van der Waals surface area contributed by atoms with Gasteiger partial charge in [-0.15, -0.1) is 0 Å². The van der Waals surface area contributed by atoms with E-state index in [1.54, 1.807) is 25.1 Å². The summed E-state index contributed by atoms with van der Waals surface area (Å²) < 4.78 is 11.9. The summed E-state index contributed by atoms with van der Waals surface area (Å²) in [5.74, 6) is -4.49. The highest BCUT2D eigenvalue weighted by molar-refractivity contribution is 6.00. The van der Waals surface area contributed by atoms with Crippen LogP contribution in [0, 0.1) is 18.8 Å². The molecule has 1 saturated carbocycles. The number of likely N-dealkylation sites (N-methyl/N-ethyl adjacent to an activating group) is 1. The molecule has 6 rings (SSSR count). The first-order valence-electron chi connectivity index (χ1n) is 22.7. The lowest BCUT2D eigenvalue weighted by molar-refractivity contribution is -0.142. The Bertz CT molecular complexity index is 2480. The van der Waals surface area contributed by atoms with Crippen LogP contribution in [-0.2, 0) is 31.0 Å². The number of hydrogen-bond donors (Lipinski definition) is 7. The van der Waals surface area contributed by atoms with Crippen LogP contribution in [0.25, 0.3) is 22.5 Å². The first kappa shape index (κ1) is 50.3. The summed E-state index contributed by atoms with van der Waals surface area (Å²) in [6.45, 7) is 5.96. The third-order valence-corrected chi connectivity index (χ3v) is 12.8. The molecule has 0 saturated heterocycles. The summed E-state index contributed by atoms with van der Waals surface area (Å²) >= 11 is 0. The minimum atomic E-state index is -1.45. The fraction of sp³-hybridized carbons (Fsp3) is 0.460. The molecule has 1 aliphatic heterocycles. The number of rotatable bonds is 18. The number of aromatic nitrogens is 2. The van der Waals surface area contributed by atoms with Crippen LogP contribution >= 0.6 is 0 Å². The molecule has 6 atom stereocenters. The van der Waals surface area contributed by atoms with E-state index in [0.29, 0.717) is 17.1 Å². The number of aromatic hydroxyl groups is 1. The summed E-state index contributed by atoms with van der Waals surface area (Å²) in [5.41, 5.74) is 21.3. The number of ketones is 3. The molecule has 4 aromatic rings. The van der Waals surface area contributed by atoms with E-state index in [1.807, 2.05) is 12.1 Å². The zero-order valence-corrected chi connectivity index (χ0v) is 38.8. The number of nitrogens with one attached hydrogen (secondary N) is 1. The Balaban J connectivity index is 1.41. The predicted molar refractivity (Wildman–Crippen MR) is 250 cm³/mol.